The Bertz CT molecular complexity index is 4050. The van der Waals surface area contributed by atoms with Crippen molar-refractivity contribution in [2.24, 2.45) is 0 Å². The van der Waals surface area contributed by atoms with E-state index in [0.717, 1.165) is 110 Å². The van der Waals surface area contributed by atoms with Crippen molar-refractivity contribution in [3.05, 3.63) is 182 Å². The highest BCUT2D eigenvalue weighted by molar-refractivity contribution is 6.17. The summed E-state index contributed by atoms with van der Waals surface area (Å²) in [5.41, 5.74) is 10.9. The van der Waals surface area contributed by atoms with Gasteiger partial charge in [0, 0.05) is 70.8 Å². The number of hydrogen-bond donors (Lipinski definition) is 1. The van der Waals surface area contributed by atoms with Crippen LogP contribution in [0.3, 0.4) is 0 Å². The fourth-order valence-electron chi connectivity index (χ4n) is 9.83. The quantitative estimate of drug-likeness (QED) is 0.192. The number of para-hydroxylation sites is 4. The third-order valence-corrected chi connectivity index (χ3v) is 12.6. The summed E-state index contributed by atoms with van der Waals surface area (Å²) in [6.07, 6.45) is 0. The molecule has 1 N–H and O–H groups in total. The van der Waals surface area contributed by atoms with Gasteiger partial charge in [0.05, 0.1) is 16.7 Å². The maximum Gasteiger partial charge on any atom is 0.166 e. The number of aromatic amines is 1. The van der Waals surface area contributed by atoms with Crippen LogP contribution in [0.4, 0.5) is 0 Å². The predicted octanol–water partition coefficient (Wildman–Crippen LogP) is 14.6. The molecule has 0 amide bonds. The number of furan rings is 2. The van der Waals surface area contributed by atoms with E-state index in [9.17, 15) is 0 Å². The molecule has 0 bridgehead atoms. The zero-order chi connectivity index (χ0) is 40.5. The van der Waals surface area contributed by atoms with Gasteiger partial charge in [-0.15, -0.1) is 0 Å². The highest BCUT2D eigenvalue weighted by Crippen LogP contribution is 2.43. The van der Waals surface area contributed by atoms with Gasteiger partial charge in [-0.25, -0.2) is 15.0 Å². The average molecular weight is 794 g/mol. The summed E-state index contributed by atoms with van der Waals surface area (Å²) in [6.45, 7) is 0. The number of H-pyrrole nitrogens is 1. The molecule has 5 aromatic heterocycles. The van der Waals surface area contributed by atoms with Crippen LogP contribution in [-0.4, -0.2) is 24.5 Å². The van der Waals surface area contributed by atoms with Crippen molar-refractivity contribution in [2.75, 3.05) is 0 Å². The molecule has 7 heteroatoms. The largest absolute Gasteiger partial charge is 0.456 e. The SMILES string of the molecule is c1ccc2cc3c(cc2c1)c1ccccc1n3-c1cc2c(cc1-c1nc(-c3cccc4[nH]c5ccccc5c34)nc(-c3cccc4oc5ccccc5c34)n1)oc1ccccc12. The Morgan fingerprint density at radius 1 is 0.355 bits per heavy atom. The number of aromatic nitrogens is 5. The van der Waals surface area contributed by atoms with Crippen LogP contribution >= 0.6 is 0 Å². The van der Waals surface area contributed by atoms with Crippen molar-refractivity contribution >= 4 is 98.3 Å². The first-order chi connectivity index (χ1) is 30.7. The zero-order valence-electron chi connectivity index (χ0n) is 32.9. The van der Waals surface area contributed by atoms with Gasteiger partial charge in [-0.1, -0.05) is 121 Å². The topological polar surface area (TPSA) is 85.7 Å². The molecule has 62 heavy (non-hydrogen) atoms. The first-order valence-corrected chi connectivity index (χ1v) is 20.8. The second-order valence-corrected chi connectivity index (χ2v) is 16.0. The second-order valence-electron chi connectivity index (χ2n) is 16.0. The molecule has 9 aromatic carbocycles. The molecule has 0 atom stereocenters. The zero-order valence-corrected chi connectivity index (χ0v) is 32.9. The van der Waals surface area contributed by atoms with Crippen molar-refractivity contribution in [1.29, 1.82) is 0 Å². The summed E-state index contributed by atoms with van der Waals surface area (Å²) in [7, 11) is 0. The number of fused-ring (bicyclic) bond motifs is 13. The van der Waals surface area contributed by atoms with Crippen LogP contribution in [0.15, 0.2) is 191 Å². The molecule has 14 aromatic rings. The van der Waals surface area contributed by atoms with E-state index in [0.29, 0.717) is 17.5 Å². The Labute approximate surface area is 352 Å². The molecule has 0 saturated heterocycles. The van der Waals surface area contributed by atoms with Gasteiger partial charge in [0.1, 0.15) is 22.3 Å². The van der Waals surface area contributed by atoms with Crippen molar-refractivity contribution < 1.29 is 8.83 Å². The van der Waals surface area contributed by atoms with Gasteiger partial charge in [0.25, 0.3) is 0 Å². The molecule has 0 spiro atoms. The number of hydrogen-bond acceptors (Lipinski definition) is 5. The van der Waals surface area contributed by atoms with Crippen LogP contribution in [0.2, 0.25) is 0 Å². The lowest BCUT2D eigenvalue weighted by molar-refractivity contribution is 0.668. The average Bonchev–Trinajstić information content (AvgIpc) is 4.09. The van der Waals surface area contributed by atoms with E-state index >= 15 is 0 Å². The Kier molecular flexibility index (Phi) is 6.71. The Balaban J connectivity index is 1.14. The molecule has 0 radical (unpaired) electrons. The van der Waals surface area contributed by atoms with Crippen LogP contribution in [-0.2, 0) is 0 Å². The molecule has 0 aliphatic carbocycles. The minimum atomic E-state index is 0.524. The van der Waals surface area contributed by atoms with Crippen molar-refractivity contribution in [3.8, 4) is 39.9 Å². The number of nitrogens with zero attached hydrogens (tertiary/aromatic N) is 4. The molecule has 0 unspecified atom stereocenters. The van der Waals surface area contributed by atoms with E-state index in [1.165, 1.54) is 10.8 Å². The fourth-order valence-corrected chi connectivity index (χ4v) is 9.83. The van der Waals surface area contributed by atoms with E-state index in [4.69, 9.17) is 23.8 Å². The molecule has 288 valence electrons. The van der Waals surface area contributed by atoms with Gasteiger partial charge >= 0.3 is 0 Å². The molecule has 0 fully saturated rings. The molecule has 14 rings (SSSR count). The Morgan fingerprint density at radius 3 is 1.76 bits per heavy atom. The number of benzene rings is 9. The van der Waals surface area contributed by atoms with Crippen LogP contribution in [0, 0.1) is 0 Å². The van der Waals surface area contributed by atoms with E-state index in [1.807, 2.05) is 42.5 Å². The molecule has 0 aliphatic heterocycles. The number of nitrogens with one attached hydrogen (secondary N) is 1. The highest BCUT2D eigenvalue weighted by atomic mass is 16.3. The van der Waals surface area contributed by atoms with Gasteiger partial charge in [0.2, 0.25) is 0 Å². The monoisotopic (exact) mass is 793 g/mol. The van der Waals surface area contributed by atoms with E-state index in [1.54, 1.807) is 0 Å². The van der Waals surface area contributed by atoms with Crippen molar-refractivity contribution in [3.63, 3.8) is 0 Å². The lowest BCUT2D eigenvalue weighted by Gasteiger charge is -2.16. The van der Waals surface area contributed by atoms with E-state index in [2.05, 4.69) is 149 Å². The lowest BCUT2D eigenvalue weighted by Crippen LogP contribution is -2.04. The van der Waals surface area contributed by atoms with Gasteiger partial charge in [-0.05, 0) is 71.4 Å². The molecule has 7 nitrogen and oxygen atoms in total. The first kappa shape index (κ1) is 33.3. The summed E-state index contributed by atoms with van der Waals surface area (Å²) >= 11 is 0. The van der Waals surface area contributed by atoms with Gasteiger partial charge < -0.3 is 18.4 Å². The standard InChI is InChI=1S/C55H31N5O2/c1-2-14-32-28-45-39(27-31(32)13-1)33-15-4-8-23-44(33)60(45)46-29-40-34-16-5-9-24-47(34)62-50(40)30-41(46)55-58-53(37-19-11-22-43-51(37)35-17-3-7-21-42(35)56-43)57-54(59-55)38-20-12-26-49-52(38)36-18-6-10-25-48(36)61-49/h1-30,56H. The summed E-state index contributed by atoms with van der Waals surface area (Å²) < 4.78 is 15.4. The van der Waals surface area contributed by atoms with Crippen molar-refractivity contribution in [1.82, 2.24) is 24.5 Å². The summed E-state index contributed by atoms with van der Waals surface area (Å²) in [5, 5.41) is 10.9. The molecular formula is C55H31N5O2. The van der Waals surface area contributed by atoms with Gasteiger partial charge in [0.15, 0.2) is 17.5 Å². The van der Waals surface area contributed by atoms with Crippen LogP contribution in [0.25, 0.3) is 138 Å². The first-order valence-electron chi connectivity index (χ1n) is 20.8. The fraction of sp³-hybridized carbons (Fsp3) is 0. The van der Waals surface area contributed by atoms with Crippen LogP contribution < -0.4 is 0 Å². The van der Waals surface area contributed by atoms with E-state index in [-0.39, 0.29) is 0 Å². The Hall–Kier alpha value is -8.55. The van der Waals surface area contributed by atoms with Gasteiger partial charge in [-0.2, -0.15) is 0 Å². The summed E-state index contributed by atoms with van der Waals surface area (Å²) in [5.74, 6) is 1.63. The maximum absolute atomic E-state index is 6.64. The predicted molar refractivity (Wildman–Crippen MR) is 252 cm³/mol. The summed E-state index contributed by atoms with van der Waals surface area (Å²) in [6, 6.07) is 63.3. The molecule has 5 heterocycles. The smallest absolute Gasteiger partial charge is 0.166 e. The normalized spacial score (nSPS) is 12.2. The van der Waals surface area contributed by atoms with Crippen LogP contribution in [0.5, 0.6) is 0 Å². The van der Waals surface area contributed by atoms with Crippen LogP contribution in [0.1, 0.15) is 0 Å². The van der Waals surface area contributed by atoms with Gasteiger partial charge in [-0.3, -0.25) is 0 Å². The molecule has 0 saturated carbocycles. The summed E-state index contributed by atoms with van der Waals surface area (Å²) in [4.78, 5) is 20.0. The minimum absolute atomic E-state index is 0.524. The highest BCUT2D eigenvalue weighted by Gasteiger charge is 2.24. The lowest BCUT2D eigenvalue weighted by atomic mass is 10.0. The Morgan fingerprint density at radius 2 is 0.935 bits per heavy atom. The third kappa shape index (κ3) is 4.73. The van der Waals surface area contributed by atoms with E-state index < -0.39 is 0 Å². The maximum atomic E-state index is 6.64. The minimum Gasteiger partial charge on any atom is -0.456 e. The molecular weight excluding hydrogens is 763 g/mol. The number of rotatable bonds is 4. The van der Waals surface area contributed by atoms with Crippen molar-refractivity contribution in [2.45, 2.75) is 0 Å². The molecule has 0 aliphatic rings. The third-order valence-electron chi connectivity index (χ3n) is 12.6. The second kappa shape index (κ2) is 12.5.